The summed E-state index contributed by atoms with van der Waals surface area (Å²) < 4.78 is 5.70. The number of anilines is 1. The number of nitrogens with one attached hydrogen (secondary N) is 1. The number of fused-ring (bicyclic) bond motifs is 1. The largest absolute Gasteiger partial charge is 0.489 e. The van der Waals surface area contributed by atoms with Gasteiger partial charge in [-0.25, -0.2) is 0 Å². The third kappa shape index (κ3) is 1.77. The zero-order chi connectivity index (χ0) is 11.0. The summed E-state index contributed by atoms with van der Waals surface area (Å²) in [4.78, 5) is 1.28. The molecule has 1 aliphatic heterocycles. The number of thiophene rings is 1. The minimum atomic E-state index is 0.228. The lowest BCUT2D eigenvalue weighted by molar-refractivity contribution is 0.288. The van der Waals surface area contributed by atoms with Gasteiger partial charge in [0, 0.05) is 9.90 Å². The number of hydrogen-bond donors (Lipinski definition) is 1. The lowest BCUT2D eigenvalue weighted by Gasteiger charge is -2.26. The van der Waals surface area contributed by atoms with Gasteiger partial charge in [0.15, 0.2) is 0 Å². The van der Waals surface area contributed by atoms with Crippen LogP contribution in [0.25, 0.3) is 0 Å². The molecule has 1 unspecified atom stereocenters. The molecule has 16 heavy (non-hydrogen) atoms. The zero-order valence-electron chi connectivity index (χ0n) is 8.44. The molecule has 0 bridgehead atoms. The highest BCUT2D eigenvalue weighted by Gasteiger charge is 2.20. The molecule has 1 atom stereocenters. The Hall–Kier alpha value is -1.19. The number of rotatable bonds is 1. The first-order chi connectivity index (χ1) is 7.83. The van der Waals surface area contributed by atoms with Crippen LogP contribution < -0.4 is 10.1 Å². The fourth-order valence-corrected chi connectivity index (χ4v) is 2.72. The predicted octanol–water partition coefficient (Wildman–Crippen LogP) is 3.95. The molecular formula is C12H10ClNOS. The van der Waals surface area contributed by atoms with E-state index in [9.17, 15) is 0 Å². The van der Waals surface area contributed by atoms with Crippen LogP contribution in [0.4, 0.5) is 5.69 Å². The molecule has 0 saturated carbocycles. The summed E-state index contributed by atoms with van der Waals surface area (Å²) in [5.74, 6) is 0.872. The Morgan fingerprint density at radius 3 is 3.12 bits per heavy atom. The number of hydrogen-bond acceptors (Lipinski definition) is 3. The van der Waals surface area contributed by atoms with E-state index in [0.29, 0.717) is 6.61 Å². The molecule has 3 rings (SSSR count). The Balaban J connectivity index is 1.91. The third-order valence-corrected chi connectivity index (χ3v) is 3.78. The molecule has 4 heteroatoms. The fraction of sp³-hybridized carbons (Fsp3) is 0.167. The van der Waals surface area contributed by atoms with E-state index < -0.39 is 0 Å². The first-order valence-corrected chi connectivity index (χ1v) is 6.31. The van der Waals surface area contributed by atoms with Gasteiger partial charge in [0.2, 0.25) is 0 Å². The minimum absolute atomic E-state index is 0.228. The first-order valence-electron chi connectivity index (χ1n) is 5.05. The summed E-state index contributed by atoms with van der Waals surface area (Å²) in [6, 6.07) is 10.0. The summed E-state index contributed by atoms with van der Waals surface area (Å²) in [7, 11) is 0. The molecule has 0 spiro atoms. The maximum absolute atomic E-state index is 5.96. The van der Waals surface area contributed by atoms with Gasteiger partial charge in [-0.1, -0.05) is 17.7 Å². The van der Waals surface area contributed by atoms with Crippen molar-refractivity contribution in [1.29, 1.82) is 0 Å². The van der Waals surface area contributed by atoms with Gasteiger partial charge in [-0.2, -0.15) is 0 Å². The summed E-state index contributed by atoms with van der Waals surface area (Å²) in [5.41, 5.74) is 0.970. The van der Waals surface area contributed by atoms with Crippen LogP contribution in [0.1, 0.15) is 10.9 Å². The summed E-state index contributed by atoms with van der Waals surface area (Å²) in [6.45, 7) is 0.662. The summed E-state index contributed by atoms with van der Waals surface area (Å²) >= 11 is 7.69. The Labute approximate surface area is 103 Å². The average Bonchev–Trinajstić information content (AvgIpc) is 2.81. The molecule has 2 aromatic rings. The maximum atomic E-state index is 5.96. The highest BCUT2D eigenvalue weighted by molar-refractivity contribution is 7.10. The Morgan fingerprint density at radius 2 is 2.31 bits per heavy atom. The topological polar surface area (TPSA) is 21.3 Å². The van der Waals surface area contributed by atoms with Crippen molar-refractivity contribution >= 4 is 28.6 Å². The smallest absolute Gasteiger partial charge is 0.142 e. The summed E-state index contributed by atoms with van der Waals surface area (Å²) in [6.07, 6.45) is 0. The molecule has 0 saturated heterocycles. The van der Waals surface area contributed by atoms with Crippen LogP contribution >= 0.6 is 22.9 Å². The van der Waals surface area contributed by atoms with E-state index in [4.69, 9.17) is 16.3 Å². The van der Waals surface area contributed by atoms with Crippen LogP contribution in [0, 0.1) is 0 Å². The lowest BCUT2D eigenvalue weighted by Crippen LogP contribution is -2.22. The van der Waals surface area contributed by atoms with E-state index in [-0.39, 0.29) is 6.04 Å². The highest BCUT2D eigenvalue weighted by Crippen LogP contribution is 2.36. The molecular weight excluding hydrogens is 242 g/mol. The van der Waals surface area contributed by atoms with E-state index in [1.165, 1.54) is 4.88 Å². The van der Waals surface area contributed by atoms with Crippen molar-refractivity contribution in [3.8, 4) is 5.75 Å². The highest BCUT2D eigenvalue weighted by atomic mass is 35.5. The average molecular weight is 252 g/mol. The van der Waals surface area contributed by atoms with Gasteiger partial charge in [0.05, 0.1) is 11.7 Å². The second-order valence-electron chi connectivity index (χ2n) is 3.66. The standard InChI is InChI=1S/C12H10ClNOS/c13-8-3-4-11-9(6-8)14-10(7-15-11)12-2-1-5-16-12/h1-6,10,14H,7H2. The van der Waals surface area contributed by atoms with E-state index >= 15 is 0 Å². The van der Waals surface area contributed by atoms with E-state index in [1.807, 2.05) is 18.2 Å². The van der Waals surface area contributed by atoms with E-state index in [1.54, 1.807) is 11.3 Å². The van der Waals surface area contributed by atoms with Crippen molar-refractivity contribution < 1.29 is 4.74 Å². The van der Waals surface area contributed by atoms with Crippen LogP contribution in [0.15, 0.2) is 35.7 Å². The fourth-order valence-electron chi connectivity index (χ4n) is 1.79. The lowest BCUT2D eigenvalue weighted by atomic mass is 10.2. The molecule has 1 N–H and O–H groups in total. The molecule has 0 fully saturated rings. The second kappa shape index (κ2) is 4.00. The molecule has 2 heterocycles. The first kappa shape index (κ1) is 10.00. The Bertz CT molecular complexity index is 498. The normalized spacial score (nSPS) is 18.4. The molecule has 2 nitrogen and oxygen atoms in total. The maximum Gasteiger partial charge on any atom is 0.142 e. The van der Waals surface area contributed by atoms with E-state index in [0.717, 1.165) is 16.5 Å². The minimum Gasteiger partial charge on any atom is -0.489 e. The molecule has 0 amide bonds. The number of benzene rings is 1. The van der Waals surface area contributed by atoms with Crippen LogP contribution in [-0.2, 0) is 0 Å². The molecule has 82 valence electrons. The Morgan fingerprint density at radius 1 is 1.38 bits per heavy atom. The van der Waals surface area contributed by atoms with Crippen molar-refractivity contribution in [2.45, 2.75) is 6.04 Å². The number of ether oxygens (including phenoxy) is 1. The quantitative estimate of drug-likeness (QED) is 0.829. The van der Waals surface area contributed by atoms with Crippen molar-refractivity contribution in [2.75, 3.05) is 11.9 Å². The molecule has 1 aromatic carbocycles. The van der Waals surface area contributed by atoms with Crippen LogP contribution in [0.2, 0.25) is 5.02 Å². The molecule has 1 aromatic heterocycles. The second-order valence-corrected chi connectivity index (χ2v) is 5.08. The SMILES string of the molecule is Clc1ccc2c(c1)NC(c1cccs1)CO2. The van der Waals surface area contributed by atoms with E-state index in [2.05, 4.69) is 22.8 Å². The third-order valence-electron chi connectivity index (χ3n) is 2.56. The van der Waals surface area contributed by atoms with Crippen LogP contribution in [-0.4, -0.2) is 6.61 Å². The predicted molar refractivity (Wildman–Crippen MR) is 67.6 cm³/mol. The molecule has 0 radical (unpaired) electrons. The van der Waals surface area contributed by atoms with Crippen molar-refractivity contribution in [3.63, 3.8) is 0 Å². The molecule has 1 aliphatic rings. The van der Waals surface area contributed by atoms with Crippen LogP contribution in [0.3, 0.4) is 0 Å². The monoisotopic (exact) mass is 251 g/mol. The zero-order valence-corrected chi connectivity index (χ0v) is 10.0. The van der Waals surface area contributed by atoms with Gasteiger partial charge in [-0.05, 0) is 29.6 Å². The summed E-state index contributed by atoms with van der Waals surface area (Å²) in [5, 5.41) is 6.24. The van der Waals surface area contributed by atoms with Gasteiger partial charge in [0.25, 0.3) is 0 Å². The van der Waals surface area contributed by atoms with Crippen molar-refractivity contribution in [3.05, 3.63) is 45.6 Å². The van der Waals surface area contributed by atoms with Gasteiger partial charge < -0.3 is 10.1 Å². The Kier molecular flexibility index (Phi) is 2.50. The van der Waals surface area contributed by atoms with Gasteiger partial charge in [-0.15, -0.1) is 11.3 Å². The number of halogens is 1. The van der Waals surface area contributed by atoms with Gasteiger partial charge >= 0.3 is 0 Å². The van der Waals surface area contributed by atoms with Gasteiger partial charge in [-0.3, -0.25) is 0 Å². The molecule has 0 aliphatic carbocycles. The van der Waals surface area contributed by atoms with Gasteiger partial charge in [0.1, 0.15) is 12.4 Å². The van der Waals surface area contributed by atoms with Crippen molar-refractivity contribution in [2.24, 2.45) is 0 Å². The van der Waals surface area contributed by atoms with Crippen molar-refractivity contribution in [1.82, 2.24) is 0 Å². The van der Waals surface area contributed by atoms with Crippen LogP contribution in [0.5, 0.6) is 5.75 Å².